The Morgan fingerprint density at radius 2 is 2.12 bits per heavy atom. The zero-order chi connectivity index (χ0) is 12.3. The van der Waals surface area contributed by atoms with Crippen molar-refractivity contribution in [3.8, 4) is 0 Å². The van der Waals surface area contributed by atoms with Crippen LogP contribution in [0.15, 0.2) is 36.9 Å². The molecule has 0 aromatic carbocycles. The highest BCUT2D eigenvalue weighted by Gasteiger charge is 2.18. The average Bonchev–Trinajstić information content (AvgIpc) is 2.78. The van der Waals surface area contributed by atoms with Gasteiger partial charge in [0.2, 0.25) is 0 Å². The first-order chi connectivity index (χ1) is 8.18. The predicted octanol–water partition coefficient (Wildman–Crippen LogP) is 0.920. The third-order valence-electron chi connectivity index (χ3n) is 2.32. The zero-order valence-corrected chi connectivity index (χ0v) is 8.80. The molecule has 0 aliphatic carbocycles. The van der Waals surface area contributed by atoms with Crippen molar-refractivity contribution in [1.29, 1.82) is 0 Å². The van der Waals surface area contributed by atoms with E-state index in [4.69, 9.17) is 0 Å². The van der Waals surface area contributed by atoms with E-state index in [1.54, 1.807) is 24.5 Å². The molecular formula is C10H10N4O3. The van der Waals surface area contributed by atoms with E-state index in [0.717, 1.165) is 0 Å². The summed E-state index contributed by atoms with van der Waals surface area (Å²) >= 11 is 0. The third-order valence-corrected chi connectivity index (χ3v) is 2.32. The molecule has 1 N–H and O–H groups in total. The molecule has 1 atom stereocenters. The molecule has 0 radical (unpaired) electrons. The summed E-state index contributed by atoms with van der Waals surface area (Å²) < 4.78 is 1.30. The number of imidazole rings is 1. The van der Waals surface area contributed by atoms with Gasteiger partial charge >= 0.3 is 5.95 Å². The van der Waals surface area contributed by atoms with Crippen molar-refractivity contribution in [3.05, 3.63) is 52.6 Å². The molecule has 2 heterocycles. The minimum atomic E-state index is -0.828. The fourth-order valence-electron chi connectivity index (χ4n) is 1.49. The molecule has 0 amide bonds. The highest BCUT2D eigenvalue weighted by Crippen LogP contribution is 2.17. The first kappa shape index (κ1) is 11.2. The molecule has 7 heteroatoms. The van der Waals surface area contributed by atoms with Crippen LogP contribution in [-0.2, 0) is 6.54 Å². The van der Waals surface area contributed by atoms with Gasteiger partial charge in [0, 0.05) is 12.4 Å². The summed E-state index contributed by atoms with van der Waals surface area (Å²) in [5.74, 6) is -0.280. The van der Waals surface area contributed by atoms with Crippen molar-refractivity contribution in [3.63, 3.8) is 0 Å². The van der Waals surface area contributed by atoms with E-state index < -0.39 is 11.0 Å². The van der Waals surface area contributed by atoms with Crippen LogP contribution < -0.4 is 0 Å². The minimum absolute atomic E-state index is 0.0837. The molecule has 0 aliphatic heterocycles. The number of aliphatic hydroxyl groups is 1. The Morgan fingerprint density at radius 3 is 2.76 bits per heavy atom. The van der Waals surface area contributed by atoms with Crippen LogP contribution in [0.5, 0.6) is 0 Å². The standard InChI is InChI=1S/C10H10N4O3/c15-9(8-1-3-11-4-2-8)7-13-6-5-12-10(13)14(16)17/h1-6,9,15H,7H2/t9-/m1/s1. The molecule has 0 bridgehead atoms. The molecule has 0 aliphatic rings. The quantitative estimate of drug-likeness (QED) is 0.627. The summed E-state index contributed by atoms with van der Waals surface area (Å²) in [4.78, 5) is 17.5. The van der Waals surface area contributed by atoms with Crippen LogP contribution in [-0.4, -0.2) is 24.6 Å². The number of aromatic nitrogens is 3. The van der Waals surface area contributed by atoms with Gasteiger partial charge in [-0.05, 0) is 22.6 Å². The van der Waals surface area contributed by atoms with Gasteiger partial charge in [-0.25, -0.2) is 4.57 Å². The summed E-state index contributed by atoms with van der Waals surface area (Å²) in [5, 5.41) is 20.5. The molecule has 0 fully saturated rings. The second-order valence-corrected chi connectivity index (χ2v) is 3.43. The van der Waals surface area contributed by atoms with Crippen LogP contribution in [0.3, 0.4) is 0 Å². The van der Waals surface area contributed by atoms with Gasteiger partial charge in [0.25, 0.3) is 0 Å². The lowest BCUT2D eigenvalue weighted by molar-refractivity contribution is -0.397. The highest BCUT2D eigenvalue weighted by atomic mass is 16.6. The third kappa shape index (κ3) is 2.45. The van der Waals surface area contributed by atoms with Gasteiger partial charge < -0.3 is 15.2 Å². The second kappa shape index (κ2) is 4.71. The number of pyridine rings is 1. The van der Waals surface area contributed by atoms with Crippen molar-refractivity contribution in [2.45, 2.75) is 12.6 Å². The molecule has 17 heavy (non-hydrogen) atoms. The average molecular weight is 234 g/mol. The van der Waals surface area contributed by atoms with Gasteiger partial charge in [0.15, 0.2) is 0 Å². The number of rotatable bonds is 4. The fourth-order valence-corrected chi connectivity index (χ4v) is 1.49. The molecule has 0 spiro atoms. The minimum Gasteiger partial charge on any atom is -0.390 e. The predicted molar refractivity (Wildman–Crippen MR) is 58.1 cm³/mol. The Labute approximate surface area is 96.5 Å². The molecule has 88 valence electrons. The maximum atomic E-state index is 10.6. The van der Waals surface area contributed by atoms with Crippen LogP contribution in [0, 0.1) is 10.1 Å². The summed E-state index contributed by atoms with van der Waals surface area (Å²) in [6.07, 6.45) is 5.08. The van der Waals surface area contributed by atoms with Crippen molar-refractivity contribution >= 4 is 5.95 Å². The van der Waals surface area contributed by atoms with Gasteiger partial charge in [-0.1, -0.05) is 4.98 Å². The van der Waals surface area contributed by atoms with Crippen molar-refractivity contribution < 1.29 is 10.0 Å². The van der Waals surface area contributed by atoms with Crippen LogP contribution in [0.1, 0.15) is 11.7 Å². The monoisotopic (exact) mass is 234 g/mol. The molecule has 2 aromatic heterocycles. The van der Waals surface area contributed by atoms with E-state index in [1.165, 1.54) is 17.0 Å². The summed E-state index contributed by atoms with van der Waals surface area (Å²) in [6, 6.07) is 3.32. The number of hydrogen-bond acceptors (Lipinski definition) is 5. The SMILES string of the molecule is O=[N+]([O-])c1nccn1C[C@@H](O)c1ccncc1. The Balaban J connectivity index is 2.16. The molecule has 2 aromatic rings. The number of hydrogen-bond donors (Lipinski definition) is 1. The molecular weight excluding hydrogens is 224 g/mol. The van der Waals surface area contributed by atoms with Crippen molar-refractivity contribution in [2.24, 2.45) is 0 Å². The van der Waals surface area contributed by atoms with Crippen LogP contribution in [0.2, 0.25) is 0 Å². The van der Waals surface area contributed by atoms with Gasteiger partial charge in [-0.15, -0.1) is 0 Å². The zero-order valence-electron chi connectivity index (χ0n) is 8.80. The Hall–Kier alpha value is -2.28. The van der Waals surface area contributed by atoms with Crippen LogP contribution in [0.4, 0.5) is 5.95 Å². The molecule has 0 saturated carbocycles. The van der Waals surface area contributed by atoms with E-state index in [-0.39, 0.29) is 12.5 Å². The molecule has 0 unspecified atom stereocenters. The lowest BCUT2D eigenvalue weighted by Crippen LogP contribution is -2.10. The van der Waals surface area contributed by atoms with Crippen LogP contribution >= 0.6 is 0 Å². The van der Waals surface area contributed by atoms with E-state index in [1.807, 2.05) is 0 Å². The Kier molecular flexibility index (Phi) is 3.10. The normalized spacial score (nSPS) is 12.3. The number of nitro groups is 1. The maximum Gasteiger partial charge on any atom is 0.434 e. The molecule has 7 nitrogen and oxygen atoms in total. The van der Waals surface area contributed by atoms with Crippen LogP contribution in [0.25, 0.3) is 0 Å². The van der Waals surface area contributed by atoms with E-state index >= 15 is 0 Å². The lowest BCUT2D eigenvalue weighted by atomic mass is 10.1. The molecule has 0 saturated heterocycles. The smallest absolute Gasteiger partial charge is 0.390 e. The first-order valence-corrected chi connectivity index (χ1v) is 4.92. The summed E-state index contributed by atoms with van der Waals surface area (Å²) in [6.45, 7) is 0.0837. The first-order valence-electron chi connectivity index (χ1n) is 4.92. The summed E-state index contributed by atoms with van der Waals surface area (Å²) in [5.41, 5.74) is 0.656. The van der Waals surface area contributed by atoms with Crippen molar-refractivity contribution in [2.75, 3.05) is 0 Å². The van der Waals surface area contributed by atoms with Gasteiger partial charge in [0.05, 0.1) is 0 Å². The summed E-state index contributed by atoms with van der Waals surface area (Å²) in [7, 11) is 0. The topological polar surface area (TPSA) is 94.1 Å². The van der Waals surface area contributed by atoms with Gasteiger partial charge in [-0.3, -0.25) is 4.98 Å². The lowest BCUT2D eigenvalue weighted by Gasteiger charge is -2.09. The maximum absolute atomic E-state index is 10.6. The number of aliphatic hydroxyl groups excluding tert-OH is 1. The van der Waals surface area contributed by atoms with E-state index in [9.17, 15) is 15.2 Å². The Bertz CT molecular complexity index is 511. The number of nitrogens with zero attached hydrogens (tertiary/aromatic N) is 4. The van der Waals surface area contributed by atoms with Gasteiger partial charge in [0.1, 0.15) is 25.0 Å². The van der Waals surface area contributed by atoms with E-state index in [0.29, 0.717) is 5.56 Å². The van der Waals surface area contributed by atoms with Crippen molar-refractivity contribution in [1.82, 2.24) is 14.5 Å². The van der Waals surface area contributed by atoms with E-state index in [2.05, 4.69) is 9.97 Å². The largest absolute Gasteiger partial charge is 0.434 e. The fraction of sp³-hybridized carbons (Fsp3) is 0.200. The highest BCUT2D eigenvalue weighted by molar-refractivity contribution is 5.14. The second-order valence-electron chi connectivity index (χ2n) is 3.43. The Morgan fingerprint density at radius 1 is 1.41 bits per heavy atom. The van der Waals surface area contributed by atoms with Gasteiger partial charge in [-0.2, -0.15) is 0 Å². The molecule has 2 rings (SSSR count).